The van der Waals surface area contributed by atoms with Crippen LogP contribution in [0.3, 0.4) is 0 Å². The van der Waals surface area contributed by atoms with Crippen molar-refractivity contribution in [3.8, 4) is 0 Å². The number of aromatic nitrogens is 3. The number of nitrogens with one attached hydrogen (secondary N) is 1. The molecular formula is C13H25N5O. The summed E-state index contributed by atoms with van der Waals surface area (Å²) in [5, 5.41) is 11.9. The predicted molar refractivity (Wildman–Crippen MR) is 74.0 cm³/mol. The molecule has 1 aliphatic heterocycles. The molecule has 0 bridgehead atoms. The van der Waals surface area contributed by atoms with Gasteiger partial charge in [0.1, 0.15) is 11.6 Å². The highest BCUT2D eigenvalue weighted by Crippen LogP contribution is 2.13. The van der Waals surface area contributed by atoms with E-state index in [2.05, 4.69) is 39.1 Å². The highest BCUT2D eigenvalue weighted by molar-refractivity contribution is 4.98. The van der Waals surface area contributed by atoms with Crippen LogP contribution in [0.4, 0.5) is 0 Å². The van der Waals surface area contributed by atoms with Gasteiger partial charge >= 0.3 is 0 Å². The topological polar surface area (TPSA) is 55.2 Å². The molecule has 1 N–H and O–H groups in total. The Bertz CT molecular complexity index is 377. The Balaban J connectivity index is 1.60. The maximum Gasteiger partial charge on any atom is 0.147 e. The average molecular weight is 267 g/mol. The molecular weight excluding hydrogens is 242 g/mol. The molecule has 1 aromatic heterocycles. The molecule has 19 heavy (non-hydrogen) atoms. The Morgan fingerprint density at radius 3 is 3.00 bits per heavy atom. The first kappa shape index (κ1) is 14.4. The average Bonchev–Trinajstić information content (AvgIpc) is 2.81. The van der Waals surface area contributed by atoms with Crippen LogP contribution < -0.4 is 5.32 Å². The minimum Gasteiger partial charge on any atom is -0.379 e. The van der Waals surface area contributed by atoms with Crippen molar-refractivity contribution in [2.75, 3.05) is 40.4 Å². The van der Waals surface area contributed by atoms with E-state index in [0.29, 0.717) is 0 Å². The SMILES string of the molecule is CN(C)CCOCCNCc1nnc2n1CCCC2. The van der Waals surface area contributed by atoms with E-state index in [4.69, 9.17) is 4.74 Å². The van der Waals surface area contributed by atoms with E-state index in [0.717, 1.165) is 57.5 Å². The molecule has 0 radical (unpaired) electrons. The summed E-state index contributed by atoms with van der Waals surface area (Å²) in [4.78, 5) is 2.12. The van der Waals surface area contributed by atoms with E-state index >= 15 is 0 Å². The summed E-state index contributed by atoms with van der Waals surface area (Å²) in [5.41, 5.74) is 0. The monoisotopic (exact) mass is 267 g/mol. The van der Waals surface area contributed by atoms with Crippen LogP contribution in [-0.4, -0.2) is 60.1 Å². The lowest BCUT2D eigenvalue weighted by Crippen LogP contribution is -2.24. The van der Waals surface area contributed by atoms with Crippen LogP contribution in [0.1, 0.15) is 24.5 Å². The van der Waals surface area contributed by atoms with Crippen molar-refractivity contribution < 1.29 is 4.74 Å². The fourth-order valence-corrected chi connectivity index (χ4v) is 2.19. The quantitative estimate of drug-likeness (QED) is 0.686. The summed E-state index contributed by atoms with van der Waals surface area (Å²) in [5.74, 6) is 2.20. The molecule has 0 saturated carbocycles. The molecule has 2 rings (SSSR count). The first-order chi connectivity index (χ1) is 9.27. The van der Waals surface area contributed by atoms with Crippen molar-refractivity contribution in [1.82, 2.24) is 25.0 Å². The number of likely N-dealkylation sites (N-methyl/N-ethyl adjacent to an activating group) is 1. The number of aryl methyl sites for hydroxylation is 1. The molecule has 6 nitrogen and oxygen atoms in total. The van der Waals surface area contributed by atoms with E-state index < -0.39 is 0 Å². The summed E-state index contributed by atoms with van der Waals surface area (Å²) in [6, 6.07) is 0. The summed E-state index contributed by atoms with van der Waals surface area (Å²) in [7, 11) is 4.10. The molecule has 0 atom stereocenters. The second-order valence-corrected chi connectivity index (χ2v) is 5.23. The van der Waals surface area contributed by atoms with E-state index in [1.165, 1.54) is 12.8 Å². The van der Waals surface area contributed by atoms with Gasteiger partial charge in [0.15, 0.2) is 0 Å². The number of hydrogen-bond donors (Lipinski definition) is 1. The van der Waals surface area contributed by atoms with E-state index in [9.17, 15) is 0 Å². The Hall–Kier alpha value is -0.980. The van der Waals surface area contributed by atoms with Crippen LogP contribution >= 0.6 is 0 Å². The molecule has 1 aliphatic rings. The van der Waals surface area contributed by atoms with Crippen molar-refractivity contribution >= 4 is 0 Å². The standard InChI is InChI=1S/C13H25N5O/c1-17(2)8-10-19-9-6-14-11-13-16-15-12-5-3-4-7-18(12)13/h14H,3-11H2,1-2H3. The third-order valence-electron chi connectivity index (χ3n) is 3.33. The van der Waals surface area contributed by atoms with Crippen LogP contribution in [0.5, 0.6) is 0 Å². The van der Waals surface area contributed by atoms with Crippen molar-refractivity contribution in [2.45, 2.75) is 32.4 Å². The molecule has 0 spiro atoms. The fourth-order valence-electron chi connectivity index (χ4n) is 2.19. The van der Waals surface area contributed by atoms with Gasteiger partial charge in [0.05, 0.1) is 19.8 Å². The highest BCUT2D eigenvalue weighted by Gasteiger charge is 2.14. The maximum atomic E-state index is 5.53. The molecule has 0 amide bonds. The second kappa shape index (κ2) is 7.57. The fraction of sp³-hybridized carbons (Fsp3) is 0.846. The second-order valence-electron chi connectivity index (χ2n) is 5.23. The van der Waals surface area contributed by atoms with Crippen LogP contribution in [0.15, 0.2) is 0 Å². The van der Waals surface area contributed by atoms with Crippen molar-refractivity contribution in [1.29, 1.82) is 0 Å². The van der Waals surface area contributed by atoms with Crippen LogP contribution in [0.25, 0.3) is 0 Å². The zero-order valence-corrected chi connectivity index (χ0v) is 12.1. The summed E-state index contributed by atoms with van der Waals surface area (Å²) < 4.78 is 7.78. The smallest absolute Gasteiger partial charge is 0.147 e. The van der Waals surface area contributed by atoms with Crippen molar-refractivity contribution in [3.05, 3.63) is 11.6 Å². The van der Waals surface area contributed by atoms with Crippen LogP contribution in [0.2, 0.25) is 0 Å². The maximum absolute atomic E-state index is 5.53. The third kappa shape index (κ3) is 4.56. The van der Waals surface area contributed by atoms with Gasteiger partial charge in [-0.1, -0.05) is 0 Å². The van der Waals surface area contributed by atoms with E-state index in [-0.39, 0.29) is 0 Å². The first-order valence-electron chi connectivity index (χ1n) is 7.11. The summed E-state index contributed by atoms with van der Waals surface area (Å²) in [6.45, 7) is 5.21. The van der Waals surface area contributed by atoms with Gasteiger partial charge in [-0.25, -0.2) is 0 Å². The molecule has 0 unspecified atom stereocenters. The van der Waals surface area contributed by atoms with Crippen LogP contribution in [-0.2, 0) is 24.2 Å². The largest absolute Gasteiger partial charge is 0.379 e. The lowest BCUT2D eigenvalue weighted by Gasteiger charge is -2.15. The molecule has 0 fully saturated rings. The molecule has 1 aromatic rings. The third-order valence-corrected chi connectivity index (χ3v) is 3.33. The van der Waals surface area contributed by atoms with Gasteiger partial charge in [-0.3, -0.25) is 0 Å². The number of hydrogen-bond acceptors (Lipinski definition) is 5. The number of fused-ring (bicyclic) bond motifs is 1. The molecule has 108 valence electrons. The normalized spacial score (nSPS) is 14.9. The van der Waals surface area contributed by atoms with Gasteiger partial charge in [0.2, 0.25) is 0 Å². The lowest BCUT2D eigenvalue weighted by molar-refractivity contribution is 0.119. The van der Waals surface area contributed by atoms with Gasteiger partial charge < -0.3 is 19.5 Å². The Labute approximate surface area is 115 Å². The zero-order chi connectivity index (χ0) is 13.5. The molecule has 0 aliphatic carbocycles. The van der Waals surface area contributed by atoms with E-state index in [1.807, 2.05) is 0 Å². The minimum absolute atomic E-state index is 0.745. The summed E-state index contributed by atoms with van der Waals surface area (Å²) in [6.07, 6.45) is 3.55. The van der Waals surface area contributed by atoms with Crippen molar-refractivity contribution in [2.24, 2.45) is 0 Å². The Morgan fingerprint density at radius 1 is 1.26 bits per heavy atom. The molecule has 0 saturated heterocycles. The van der Waals surface area contributed by atoms with Gasteiger partial charge in [0.25, 0.3) is 0 Å². The van der Waals surface area contributed by atoms with Gasteiger partial charge in [-0.15, -0.1) is 10.2 Å². The predicted octanol–water partition coefficient (Wildman–Crippen LogP) is 0.282. The van der Waals surface area contributed by atoms with E-state index in [1.54, 1.807) is 0 Å². The number of nitrogens with zero attached hydrogens (tertiary/aromatic N) is 4. The van der Waals surface area contributed by atoms with Gasteiger partial charge in [-0.05, 0) is 26.9 Å². The van der Waals surface area contributed by atoms with Gasteiger partial charge in [0, 0.05) is 26.1 Å². The number of rotatable bonds is 8. The minimum atomic E-state index is 0.745. The first-order valence-corrected chi connectivity index (χ1v) is 7.11. The van der Waals surface area contributed by atoms with Crippen molar-refractivity contribution in [3.63, 3.8) is 0 Å². The zero-order valence-electron chi connectivity index (χ0n) is 12.1. The summed E-state index contributed by atoms with van der Waals surface area (Å²) >= 11 is 0. The Morgan fingerprint density at radius 2 is 2.16 bits per heavy atom. The molecule has 2 heterocycles. The van der Waals surface area contributed by atoms with Gasteiger partial charge in [-0.2, -0.15) is 0 Å². The number of ether oxygens (including phenoxy) is 1. The highest BCUT2D eigenvalue weighted by atomic mass is 16.5. The van der Waals surface area contributed by atoms with Crippen LogP contribution in [0, 0.1) is 0 Å². The molecule has 6 heteroatoms. The molecule has 0 aromatic carbocycles. The Kier molecular flexibility index (Phi) is 5.75. The lowest BCUT2D eigenvalue weighted by atomic mass is 10.2.